The van der Waals surface area contributed by atoms with Gasteiger partial charge in [0.05, 0.1) is 9.13 Å². The zero-order valence-electron chi connectivity index (χ0n) is 12.5. The van der Waals surface area contributed by atoms with Crippen LogP contribution in [0.1, 0.15) is 11.1 Å². The van der Waals surface area contributed by atoms with Gasteiger partial charge in [-0.2, -0.15) is 0 Å². The SMILES string of the molecule is Ic1ccccc1OCc1ccc[n+](Cc2ccccc2)c1.[Br-]. The quantitative estimate of drug-likeness (QED) is 0.394. The number of benzene rings is 2. The molecule has 0 spiro atoms. The second-order valence-corrected chi connectivity index (χ2v) is 6.25. The highest BCUT2D eigenvalue weighted by atomic mass is 127. The molecule has 1 heterocycles. The summed E-state index contributed by atoms with van der Waals surface area (Å²) in [6.07, 6.45) is 4.23. The zero-order valence-corrected chi connectivity index (χ0v) is 16.3. The second kappa shape index (κ2) is 9.03. The largest absolute Gasteiger partial charge is 1.00 e. The molecule has 2 aromatic carbocycles. The van der Waals surface area contributed by atoms with E-state index in [0.29, 0.717) is 6.61 Å². The number of aromatic nitrogens is 1. The van der Waals surface area contributed by atoms with E-state index >= 15 is 0 Å². The summed E-state index contributed by atoms with van der Waals surface area (Å²) >= 11 is 2.29. The van der Waals surface area contributed by atoms with Gasteiger partial charge in [-0.3, -0.25) is 0 Å². The maximum absolute atomic E-state index is 5.91. The number of hydrogen-bond acceptors (Lipinski definition) is 1. The van der Waals surface area contributed by atoms with Crippen molar-refractivity contribution in [3.05, 3.63) is 93.8 Å². The van der Waals surface area contributed by atoms with Crippen molar-refractivity contribution < 1.29 is 26.3 Å². The highest BCUT2D eigenvalue weighted by Gasteiger charge is 2.06. The third kappa shape index (κ3) is 5.32. The van der Waals surface area contributed by atoms with Crippen LogP contribution in [0.25, 0.3) is 0 Å². The lowest BCUT2D eigenvalue weighted by Crippen LogP contribution is -3.00. The number of rotatable bonds is 5. The maximum Gasteiger partial charge on any atom is 0.175 e. The van der Waals surface area contributed by atoms with Crippen LogP contribution in [0.2, 0.25) is 0 Å². The van der Waals surface area contributed by atoms with Gasteiger partial charge in [0.15, 0.2) is 18.9 Å². The molecule has 23 heavy (non-hydrogen) atoms. The average Bonchev–Trinajstić information content (AvgIpc) is 2.55. The number of pyridine rings is 1. The molecule has 0 radical (unpaired) electrons. The van der Waals surface area contributed by atoms with Gasteiger partial charge in [-0.15, -0.1) is 0 Å². The van der Waals surface area contributed by atoms with E-state index in [1.807, 2.05) is 24.3 Å². The third-order valence-corrected chi connectivity index (χ3v) is 4.25. The van der Waals surface area contributed by atoms with Gasteiger partial charge in [0, 0.05) is 11.6 Å². The van der Waals surface area contributed by atoms with Gasteiger partial charge >= 0.3 is 0 Å². The fraction of sp³-hybridized carbons (Fsp3) is 0.105. The molecular weight excluding hydrogens is 465 g/mol. The fourth-order valence-electron chi connectivity index (χ4n) is 2.28. The third-order valence-electron chi connectivity index (χ3n) is 3.36. The molecule has 0 saturated carbocycles. The van der Waals surface area contributed by atoms with E-state index < -0.39 is 0 Å². The standard InChI is InChI=1S/C19H17INO.BrH/c20-18-10-4-5-11-19(18)22-15-17-9-6-12-21(14-17)13-16-7-2-1-3-8-16;/h1-12,14H,13,15H2;1H/q+1;/p-1. The van der Waals surface area contributed by atoms with Crippen molar-refractivity contribution in [2.45, 2.75) is 13.2 Å². The maximum atomic E-state index is 5.91. The van der Waals surface area contributed by atoms with Crippen molar-refractivity contribution in [2.24, 2.45) is 0 Å². The van der Waals surface area contributed by atoms with Crippen LogP contribution >= 0.6 is 22.6 Å². The Balaban J connectivity index is 0.00000192. The minimum absolute atomic E-state index is 0. The summed E-state index contributed by atoms with van der Waals surface area (Å²) in [6, 6.07) is 22.7. The Morgan fingerprint density at radius 2 is 1.52 bits per heavy atom. The Kier molecular flexibility index (Phi) is 7.05. The zero-order chi connectivity index (χ0) is 15.2. The Morgan fingerprint density at radius 3 is 2.30 bits per heavy atom. The van der Waals surface area contributed by atoms with Crippen LogP contribution in [0.5, 0.6) is 5.75 Å². The topological polar surface area (TPSA) is 13.1 Å². The van der Waals surface area contributed by atoms with Crippen LogP contribution in [0, 0.1) is 3.57 Å². The number of para-hydroxylation sites is 1. The highest BCUT2D eigenvalue weighted by molar-refractivity contribution is 14.1. The molecule has 0 aliphatic rings. The van der Waals surface area contributed by atoms with Crippen LogP contribution in [0.3, 0.4) is 0 Å². The molecule has 3 rings (SSSR count). The van der Waals surface area contributed by atoms with E-state index in [0.717, 1.165) is 21.4 Å². The van der Waals surface area contributed by atoms with Crippen molar-refractivity contribution in [3.63, 3.8) is 0 Å². The monoisotopic (exact) mass is 481 g/mol. The molecule has 0 unspecified atom stereocenters. The highest BCUT2D eigenvalue weighted by Crippen LogP contribution is 2.20. The minimum atomic E-state index is 0. The smallest absolute Gasteiger partial charge is 0.175 e. The van der Waals surface area contributed by atoms with Crippen molar-refractivity contribution in [1.82, 2.24) is 0 Å². The van der Waals surface area contributed by atoms with Crippen LogP contribution in [-0.2, 0) is 13.2 Å². The van der Waals surface area contributed by atoms with Gasteiger partial charge < -0.3 is 21.7 Å². The normalized spacial score (nSPS) is 9.96. The molecule has 4 heteroatoms. The summed E-state index contributed by atoms with van der Waals surface area (Å²) in [5.41, 5.74) is 2.46. The van der Waals surface area contributed by atoms with E-state index in [1.54, 1.807) is 0 Å². The number of halogens is 2. The van der Waals surface area contributed by atoms with Gasteiger partial charge in [0.25, 0.3) is 0 Å². The fourth-order valence-corrected chi connectivity index (χ4v) is 2.82. The molecule has 0 N–H and O–H groups in total. The van der Waals surface area contributed by atoms with Gasteiger partial charge in [-0.1, -0.05) is 42.5 Å². The Morgan fingerprint density at radius 1 is 0.826 bits per heavy atom. The van der Waals surface area contributed by atoms with E-state index in [2.05, 4.69) is 82.0 Å². The van der Waals surface area contributed by atoms with Crippen molar-refractivity contribution in [2.75, 3.05) is 0 Å². The molecule has 0 saturated heterocycles. The molecule has 0 aliphatic carbocycles. The molecule has 0 bridgehead atoms. The molecule has 0 atom stereocenters. The van der Waals surface area contributed by atoms with Crippen molar-refractivity contribution in [1.29, 1.82) is 0 Å². The number of nitrogens with zero attached hydrogens (tertiary/aromatic N) is 1. The predicted molar refractivity (Wildman–Crippen MR) is 95.7 cm³/mol. The van der Waals surface area contributed by atoms with Crippen molar-refractivity contribution >= 4 is 22.6 Å². The minimum Gasteiger partial charge on any atom is -1.00 e. The predicted octanol–water partition coefficient (Wildman–Crippen LogP) is 1.21. The molecular formula is C19H17BrINO. The Bertz CT molecular complexity index is 749. The molecule has 2 nitrogen and oxygen atoms in total. The van der Waals surface area contributed by atoms with Crippen LogP contribution in [0.4, 0.5) is 0 Å². The van der Waals surface area contributed by atoms with Gasteiger partial charge in [-0.05, 0) is 40.8 Å². The molecule has 0 fully saturated rings. The van der Waals surface area contributed by atoms with E-state index in [9.17, 15) is 0 Å². The van der Waals surface area contributed by atoms with Gasteiger partial charge in [0.2, 0.25) is 0 Å². The summed E-state index contributed by atoms with van der Waals surface area (Å²) < 4.78 is 9.22. The van der Waals surface area contributed by atoms with Gasteiger partial charge in [-0.25, -0.2) is 4.57 Å². The first-order chi connectivity index (χ1) is 10.8. The first kappa shape index (κ1) is 17.9. The lowest BCUT2D eigenvalue weighted by molar-refractivity contribution is -0.688. The summed E-state index contributed by atoms with van der Waals surface area (Å²) in [5, 5.41) is 0. The Hall–Kier alpha value is -1.40. The second-order valence-electron chi connectivity index (χ2n) is 5.09. The first-order valence-electron chi connectivity index (χ1n) is 7.20. The van der Waals surface area contributed by atoms with Crippen LogP contribution in [0.15, 0.2) is 79.1 Å². The Labute approximate surface area is 161 Å². The summed E-state index contributed by atoms with van der Waals surface area (Å²) in [7, 11) is 0. The van der Waals surface area contributed by atoms with E-state index in [-0.39, 0.29) is 17.0 Å². The lowest BCUT2D eigenvalue weighted by atomic mass is 10.2. The van der Waals surface area contributed by atoms with Crippen LogP contribution in [-0.4, -0.2) is 0 Å². The lowest BCUT2D eigenvalue weighted by Gasteiger charge is -2.07. The summed E-state index contributed by atoms with van der Waals surface area (Å²) in [4.78, 5) is 0. The number of ether oxygens (including phenoxy) is 1. The molecule has 0 aliphatic heterocycles. The summed E-state index contributed by atoms with van der Waals surface area (Å²) in [6.45, 7) is 1.45. The van der Waals surface area contributed by atoms with Crippen LogP contribution < -0.4 is 26.3 Å². The molecule has 3 aromatic rings. The van der Waals surface area contributed by atoms with Crippen molar-refractivity contribution in [3.8, 4) is 5.75 Å². The molecule has 118 valence electrons. The first-order valence-corrected chi connectivity index (χ1v) is 8.28. The summed E-state index contributed by atoms with van der Waals surface area (Å²) in [5.74, 6) is 0.932. The number of hydrogen-bond donors (Lipinski definition) is 0. The molecule has 0 amide bonds. The molecule has 1 aromatic heterocycles. The van der Waals surface area contributed by atoms with E-state index in [1.165, 1.54) is 5.56 Å². The average molecular weight is 482 g/mol. The van der Waals surface area contributed by atoms with E-state index in [4.69, 9.17) is 4.74 Å². The van der Waals surface area contributed by atoms with Gasteiger partial charge in [0.1, 0.15) is 12.4 Å².